The van der Waals surface area contributed by atoms with Crippen LogP contribution in [0.4, 0.5) is 11.4 Å². The zero-order valence-corrected chi connectivity index (χ0v) is 87.0. The average molecular weight is 1970 g/mol. The molecular formula is C106H119N15O2S3SeSiTe. The maximum atomic E-state index is 12.2. The van der Waals surface area contributed by atoms with E-state index in [0.29, 0.717) is 14.5 Å². The minimum atomic E-state index is -1.51. The number of rotatable bonds is 2. The van der Waals surface area contributed by atoms with Crippen molar-refractivity contribution < 1.29 is 4.42 Å². The molecule has 2 aliphatic heterocycles. The van der Waals surface area contributed by atoms with Gasteiger partial charge in [-0.25, -0.2) is 20.1 Å². The van der Waals surface area contributed by atoms with Gasteiger partial charge in [0.1, 0.15) is 41.7 Å². The van der Waals surface area contributed by atoms with E-state index < -0.39 is 8.07 Å². The monoisotopic (exact) mass is 1970 g/mol. The van der Waals surface area contributed by atoms with E-state index in [1.807, 2.05) is 292 Å². The molecule has 664 valence electrons. The predicted molar refractivity (Wildman–Crippen MR) is 558 cm³/mol. The summed E-state index contributed by atoms with van der Waals surface area (Å²) in [6, 6.07) is 58.3. The summed E-state index contributed by atoms with van der Waals surface area (Å²) in [5, 5.41) is 20.8. The molecule has 18 aromatic rings. The van der Waals surface area contributed by atoms with Gasteiger partial charge in [-0.3, -0.25) is 14.8 Å². The van der Waals surface area contributed by atoms with Crippen molar-refractivity contribution in [2.45, 2.75) is 165 Å². The number of allylic oxidation sites excluding steroid dienone is 3. The number of para-hydroxylation sites is 6. The van der Waals surface area contributed by atoms with Gasteiger partial charge >= 0.3 is 145 Å². The predicted octanol–water partition coefficient (Wildman–Crippen LogP) is 28.3. The summed E-state index contributed by atoms with van der Waals surface area (Å²) in [6.07, 6.45) is 18.6. The van der Waals surface area contributed by atoms with Crippen molar-refractivity contribution in [3.05, 3.63) is 344 Å². The Kier molecular flexibility index (Phi) is 41.3. The molecular weight excluding hydrogens is 1850 g/mol. The van der Waals surface area contributed by atoms with Crippen LogP contribution in [0.3, 0.4) is 0 Å². The fourth-order valence-electron chi connectivity index (χ4n) is 14.6. The number of benzene rings is 6. The van der Waals surface area contributed by atoms with Crippen LogP contribution >= 0.6 is 34.0 Å². The summed E-state index contributed by atoms with van der Waals surface area (Å²) >= 11 is 6.04. The first kappa shape index (κ1) is 104. The molecule has 12 aromatic heterocycles. The van der Waals surface area contributed by atoms with Gasteiger partial charge in [0.05, 0.1) is 39.8 Å². The Hall–Kier alpha value is -12.0. The number of fused-ring (bicyclic) bond motifs is 10. The van der Waals surface area contributed by atoms with E-state index in [4.69, 9.17) is 17.6 Å². The molecule has 2 aliphatic rings. The van der Waals surface area contributed by atoms with Gasteiger partial charge in [-0.05, 0) is 136 Å². The Bertz CT molecular complexity index is 6480. The average Bonchev–Trinajstić information content (AvgIpc) is 1.34. The van der Waals surface area contributed by atoms with Crippen LogP contribution in [0.5, 0.6) is 0 Å². The van der Waals surface area contributed by atoms with Crippen molar-refractivity contribution in [2.75, 3.05) is 11.9 Å². The van der Waals surface area contributed by atoms with Crippen LogP contribution < -0.4 is 15.7 Å². The van der Waals surface area contributed by atoms with Crippen LogP contribution in [0.25, 0.3) is 114 Å². The van der Waals surface area contributed by atoms with Gasteiger partial charge in [-0.2, -0.15) is 6.57 Å². The maximum Gasteiger partial charge on any atom is 0.270 e. The zero-order valence-electron chi connectivity index (χ0n) is 79.5. The number of aromatic nitrogens is 10. The van der Waals surface area contributed by atoms with Crippen molar-refractivity contribution in [1.29, 1.82) is 5.26 Å². The minimum Gasteiger partial charge on any atom is -0.462 e. The first-order valence-corrected chi connectivity index (χ1v) is 53.0. The Morgan fingerprint density at radius 3 is 1.11 bits per heavy atom. The molecule has 0 saturated carbocycles. The summed E-state index contributed by atoms with van der Waals surface area (Å²) in [5.41, 5.74) is 17.3. The number of hydrogen-bond donors (Lipinski definition) is 0. The Labute approximate surface area is 790 Å². The SMILES string of the molecule is CC.CC.CC.CC.CC.CC.Cc1[se]c(C)c2nccnc12.Cc1[te]c(C)c2nccnc12.Cc1ccc(C2=CC=C(c3ccc(C)s3)[Si]2(C)C)s1.Cc1oc(C)c2nccnc12.Cc1sc(C)c2nccnc12.Cn1c2ccccc2c(=O)c2ccccc21.[C-]#[N+]C(C#N)=C1c2ccccc2N(C)c2ccccc21.[C-]#[N+]N=c1c2ccccc2n(C)c2ccccc12. The molecule has 17 nitrogen and oxygen atoms in total. The second-order valence-electron chi connectivity index (χ2n) is 28.1. The van der Waals surface area contributed by atoms with Crippen molar-refractivity contribution in [3.63, 3.8) is 0 Å². The molecule has 0 N–H and O–H groups in total. The van der Waals surface area contributed by atoms with E-state index in [2.05, 4.69) is 174 Å². The van der Waals surface area contributed by atoms with Gasteiger partial charge < -0.3 is 18.5 Å². The minimum absolute atomic E-state index is 0.0767. The molecule has 14 heterocycles. The Morgan fingerprint density at radius 1 is 0.434 bits per heavy atom. The molecule has 0 radical (unpaired) electrons. The number of pyridine rings is 2. The summed E-state index contributed by atoms with van der Waals surface area (Å²) in [7, 11) is 4.51. The molecule has 0 amide bonds. The quantitative estimate of drug-likeness (QED) is 0.0524. The van der Waals surface area contributed by atoms with Crippen LogP contribution in [0, 0.1) is 93.7 Å². The van der Waals surface area contributed by atoms with Crippen LogP contribution in [-0.2, 0) is 14.1 Å². The third-order valence-electron chi connectivity index (χ3n) is 20.2. The van der Waals surface area contributed by atoms with E-state index in [1.54, 1.807) is 71.3 Å². The zero-order chi connectivity index (χ0) is 94.8. The number of thiophene rings is 3. The van der Waals surface area contributed by atoms with Crippen LogP contribution in [0.15, 0.2) is 252 Å². The molecule has 0 saturated heterocycles. The van der Waals surface area contributed by atoms with Gasteiger partial charge in [0.15, 0.2) is 10.8 Å². The Morgan fingerprint density at radius 2 is 0.760 bits per heavy atom. The van der Waals surface area contributed by atoms with E-state index in [0.717, 1.165) is 133 Å². The first-order chi connectivity index (χ1) is 62.5. The van der Waals surface area contributed by atoms with Gasteiger partial charge in [0, 0.05) is 114 Å². The maximum absolute atomic E-state index is 12.2. The van der Waals surface area contributed by atoms with Crippen molar-refractivity contribution in [2.24, 2.45) is 19.2 Å². The molecule has 0 spiro atoms. The van der Waals surface area contributed by atoms with E-state index in [9.17, 15) is 10.1 Å². The summed E-state index contributed by atoms with van der Waals surface area (Å²) in [4.78, 5) is 63.1. The third-order valence-corrected chi connectivity index (χ3v) is 32.1. The van der Waals surface area contributed by atoms with Gasteiger partial charge in [0.2, 0.25) is 0 Å². The molecule has 0 aliphatic carbocycles. The topological polar surface area (TPSA) is 191 Å². The summed E-state index contributed by atoms with van der Waals surface area (Å²) in [6.45, 7) is 64.2. The molecule has 0 unspecified atom stereocenters. The second-order valence-corrected chi connectivity index (χ2v) is 43.5. The number of aryl methyl sites for hydroxylation is 12. The normalized spacial score (nSPS) is 11.2. The first-order valence-electron chi connectivity index (χ1n) is 43.5. The van der Waals surface area contributed by atoms with Crippen molar-refractivity contribution >= 4 is 192 Å². The smallest absolute Gasteiger partial charge is 0.270 e. The second kappa shape index (κ2) is 51.2. The molecule has 23 heteroatoms. The molecule has 20 rings (SSSR count). The van der Waals surface area contributed by atoms with Crippen LogP contribution in [0.2, 0.25) is 13.1 Å². The number of hydrogen-bond acceptors (Lipinski definition) is 16. The van der Waals surface area contributed by atoms with Gasteiger partial charge in [0.25, 0.3) is 5.70 Å². The number of anilines is 2. The van der Waals surface area contributed by atoms with Crippen molar-refractivity contribution in [1.82, 2.24) is 49.0 Å². The molecule has 0 bridgehead atoms. The van der Waals surface area contributed by atoms with E-state index >= 15 is 0 Å². The molecule has 0 atom stereocenters. The summed E-state index contributed by atoms with van der Waals surface area (Å²) in [5.74, 6) is 1.68. The van der Waals surface area contributed by atoms with Crippen molar-refractivity contribution in [3.8, 4) is 6.07 Å². The van der Waals surface area contributed by atoms with E-state index in [-0.39, 0.29) is 31.6 Å². The van der Waals surface area contributed by atoms with E-state index in [1.165, 1.54) is 45.3 Å². The molecule has 129 heavy (non-hydrogen) atoms. The van der Waals surface area contributed by atoms with Gasteiger partial charge in [-0.15, -0.1) is 39.0 Å². The largest absolute Gasteiger partial charge is 0.462 e. The molecule has 0 fully saturated rings. The number of nitrogens with zero attached hydrogens (tertiary/aromatic N) is 15. The van der Waals surface area contributed by atoms with Crippen LogP contribution in [-0.4, -0.2) is 99.1 Å². The van der Waals surface area contributed by atoms with Crippen LogP contribution in [0.1, 0.15) is 151 Å². The molecule has 6 aromatic carbocycles. The standard InChI is InChI=1S/C17H11N3.C16H18S2Si.C15H11N3.C14H11NO.C8H8N2O.C8H8N2S.C8H8N2Se.C8H8N2Te.6C2H6/c1-19-14(11-18)17-12-7-3-5-9-15(12)20(2)16-10-6-4-8-13(16)17;1-11-5-7-13(17-11)15-9-10-16(19(15,3)4)14-8-6-12(2)18-14;1-16-17-15-11-7-3-5-9-13(11)18(2)14-10-6-4-8-12(14)15;1-15-12-8-4-2-6-10(12)14(16)11-7-3-5-9-13(11)15;4*1-5-7-8(6(2)11-5)10-4-3-9-7;6*1-2/h3-10H,2H3;5-10H,1-4H3;3-10H,2H3;2-9H,1H3;4*3-4H,1-2H3;6*1-2H3. The number of furan rings is 1. The fraction of sp³-hybridized carbons (Fsp3) is 0.255. The Balaban J connectivity index is 0.000000200. The third kappa shape index (κ3) is 24.5. The fourth-order valence-corrected chi connectivity index (χ4v) is 26.3. The van der Waals surface area contributed by atoms with Gasteiger partial charge in [-0.1, -0.05) is 205 Å². The number of nitriles is 1. The summed E-state index contributed by atoms with van der Waals surface area (Å²) < 4.78 is 15.3.